The minimum atomic E-state index is -0.562. The van der Waals surface area contributed by atoms with Gasteiger partial charge >= 0.3 is 0 Å². The molecule has 1 nitrogen and oxygen atoms in total. The van der Waals surface area contributed by atoms with Gasteiger partial charge in [0.15, 0.2) is 0 Å². The van der Waals surface area contributed by atoms with E-state index in [0.29, 0.717) is 5.69 Å². The van der Waals surface area contributed by atoms with Crippen molar-refractivity contribution in [3.05, 3.63) is 54.4 Å². The van der Waals surface area contributed by atoms with Crippen molar-refractivity contribution >= 4 is 0 Å². The third-order valence-electron chi connectivity index (χ3n) is 1.79. The van der Waals surface area contributed by atoms with Gasteiger partial charge < -0.3 is 4.57 Å². The van der Waals surface area contributed by atoms with E-state index in [9.17, 15) is 8.78 Å². The molecule has 0 radical (unpaired) electrons. The summed E-state index contributed by atoms with van der Waals surface area (Å²) in [6.07, 6.45) is 3.41. The molecule has 0 aliphatic carbocycles. The summed E-state index contributed by atoms with van der Waals surface area (Å²) in [5.74, 6) is -1.12. The number of aromatic nitrogens is 1. The van der Waals surface area contributed by atoms with E-state index >= 15 is 0 Å². The van der Waals surface area contributed by atoms with E-state index in [1.54, 1.807) is 29.1 Å². The maximum atomic E-state index is 13.2. The minimum Gasteiger partial charge on any atom is -0.321 e. The van der Waals surface area contributed by atoms with E-state index in [1.165, 1.54) is 12.1 Å². The van der Waals surface area contributed by atoms with Crippen LogP contribution >= 0.6 is 0 Å². The Labute approximate surface area is 95.2 Å². The van der Waals surface area contributed by atoms with Crippen LogP contribution in [-0.4, -0.2) is 4.57 Å². The summed E-state index contributed by atoms with van der Waals surface area (Å²) in [4.78, 5) is 0. The topological polar surface area (TPSA) is 4.93 Å². The monoisotopic (exact) mass is 227 g/mol. The predicted molar refractivity (Wildman–Crippen MR) is 45.7 cm³/mol. The Bertz CT molecular complexity index is 412. The average molecular weight is 227 g/mol. The summed E-state index contributed by atoms with van der Waals surface area (Å²) in [5.41, 5.74) is 0.353. The number of hydrogen-bond acceptors (Lipinski definition) is 0. The van der Waals surface area contributed by atoms with Gasteiger partial charge in [0.05, 0.1) is 5.69 Å². The van der Waals surface area contributed by atoms with E-state index in [-0.39, 0.29) is 21.7 Å². The first kappa shape index (κ1) is 11.2. The third kappa shape index (κ3) is 2.11. The number of benzene rings is 1. The molecule has 1 aromatic heterocycles. The van der Waals surface area contributed by atoms with E-state index in [1.807, 2.05) is 0 Å². The Kier molecular flexibility index (Phi) is 3.61. The number of rotatable bonds is 1. The van der Waals surface area contributed by atoms with Crippen molar-refractivity contribution in [1.82, 2.24) is 4.57 Å². The van der Waals surface area contributed by atoms with Gasteiger partial charge in [-0.25, -0.2) is 8.78 Å². The number of hydrogen-bond donors (Lipinski definition) is 0. The van der Waals surface area contributed by atoms with Crippen molar-refractivity contribution < 1.29 is 30.5 Å². The molecule has 2 aromatic rings. The first-order valence-corrected chi connectivity index (χ1v) is 3.86. The first-order chi connectivity index (χ1) is 6.27. The Morgan fingerprint density at radius 3 is 2.21 bits per heavy atom. The molecule has 4 heteroatoms. The molecular formula is C10H7F2NTi. The zero-order valence-electron chi connectivity index (χ0n) is 7.24. The molecule has 1 aromatic carbocycles. The number of nitrogens with zero attached hydrogens (tertiary/aromatic N) is 1. The van der Waals surface area contributed by atoms with Crippen LogP contribution in [-0.2, 0) is 21.7 Å². The first-order valence-electron chi connectivity index (χ1n) is 3.86. The summed E-state index contributed by atoms with van der Waals surface area (Å²) in [6, 6.07) is 7.07. The molecule has 0 atom stereocenters. The molecular weight excluding hydrogens is 220 g/mol. The molecule has 0 bridgehead atoms. The van der Waals surface area contributed by atoms with Crippen LogP contribution in [0.2, 0.25) is 0 Å². The summed E-state index contributed by atoms with van der Waals surface area (Å²) >= 11 is 0. The Balaban J connectivity index is 0.000000980. The van der Waals surface area contributed by atoms with Gasteiger partial charge in [0.1, 0.15) is 11.6 Å². The van der Waals surface area contributed by atoms with Gasteiger partial charge in [0, 0.05) is 40.2 Å². The van der Waals surface area contributed by atoms with Crippen molar-refractivity contribution in [3.8, 4) is 5.69 Å². The van der Waals surface area contributed by atoms with Crippen molar-refractivity contribution in [3.63, 3.8) is 0 Å². The molecule has 70 valence electrons. The van der Waals surface area contributed by atoms with Crippen LogP contribution in [0.5, 0.6) is 0 Å². The fraction of sp³-hybridized carbons (Fsp3) is 0. The molecule has 14 heavy (non-hydrogen) atoms. The second-order valence-electron chi connectivity index (χ2n) is 2.69. The number of halogens is 2. The van der Waals surface area contributed by atoms with Crippen LogP contribution in [0.4, 0.5) is 8.78 Å². The second kappa shape index (κ2) is 4.53. The molecule has 0 unspecified atom stereocenters. The van der Waals surface area contributed by atoms with Gasteiger partial charge in [-0.3, -0.25) is 0 Å². The SMILES string of the molecule is Fc1ccc(-n2cccc2)c(F)c1.[Ti]. The third-order valence-corrected chi connectivity index (χ3v) is 1.79. The zero-order valence-corrected chi connectivity index (χ0v) is 8.81. The second-order valence-corrected chi connectivity index (χ2v) is 2.69. The molecule has 0 spiro atoms. The van der Waals surface area contributed by atoms with Gasteiger partial charge in [0.25, 0.3) is 0 Å². The molecule has 1 heterocycles. The maximum Gasteiger partial charge on any atom is 0.150 e. The van der Waals surface area contributed by atoms with Crippen molar-refractivity contribution in [2.75, 3.05) is 0 Å². The van der Waals surface area contributed by atoms with E-state index in [2.05, 4.69) is 0 Å². The van der Waals surface area contributed by atoms with Crippen molar-refractivity contribution in [2.45, 2.75) is 0 Å². The van der Waals surface area contributed by atoms with E-state index in [0.717, 1.165) is 6.07 Å². The van der Waals surface area contributed by atoms with Crippen LogP contribution in [0.25, 0.3) is 5.69 Å². The fourth-order valence-corrected chi connectivity index (χ4v) is 1.19. The Morgan fingerprint density at radius 2 is 1.64 bits per heavy atom. The van der Waals surface area contributed by atoms with Crippen LogP contribution in [0.15, 0.2) is 42.7 Å². The predicted octanol–water partition coefficient (Wildman–Crippen LogP) is 2.75. The van der Waals surface area contributed by atoms with Gasteiger partial charge in [-0.1, -0.05) is 0 Å². The molecule has 0 saturated heterocycles. The van der Waals surface area contributed by atoms with Crippen LogP contribution in [0.3, 0.4) is 0 Å². The molecule has 0 N–H and O–H groups in total. The zero-order chi connectivity index (χ0) is 9.26. The van der Waals surface area contributed by atoms with Gasteiger partial charge in [-0.2, -0.15) is 0 Å². The molecule has 2 rings (SSSR count). The molecule has 0 aliphatic rings. The van der Waals surface area contributed by atoms with Gasteiger partial charge in [0.2, 0.25) is 0 Å². The molecule has 0 saturated carbocycles. The van der Waals surface area contributed by atoms with Crippen molar-refractivity contribution in [1.29, 1.82) is 0 Å². The van der Waals surface area contributed by atoms with Gasteiger partial charge in [-0.15, -0.1) is 0 Å². The fourth-order valence-electron chi connectivity index (χ4n) is 1.19. The van der Waals surface area contributed by atoms with Crippen LogP contribution in [0, 0.1) is 11.6 Å². The Hall–Kier alpha value is -0.926. The molecule has 0 fully saturated rings. The van der Waals surface area contributed by atoms with Crippen LogP contribution in [0.1, 0.15) is 0 Å². The van der Waals surface area contributed by atoms with Gasteiger partial charge in [-0.05, 0) is 24.3 Å². The normalized spacial score (nSPS) is 9.57. The van der Waals surface area contributed by atoms with E-state index in [4.69, 9.17) is 0 Å². The minimum absolute atomic E-state index is 0. The van der Waals surface area contributed by atoms with Crippen LogP contribution < -0.4 is 0 Å². The van der Waals surface area contributed by atoms with Crippen molar-refractivity contribution in [2.24, 2.45) is 0 Å². The smallest absolute Gasteiger partial charge is 0.150 e. The maximum absolute atomic E-state index is 13.2. The molecule has 0 amide bonds. The largest absolute Gasteiger partial charge is 0.321 e. The summed E-state index contributed by atoms with van der Waals surface area (Å²) < 4.78 is 27.3. The van der Waals surface area contributed by atoms with E-state index < -0.39 is 11.6 Å². The Morgan fingerprint density at radius 1 is 1.00 bits per heavy atom. The summed E-state index contributed by atoms with van der Waals surface area (Å²) in [7, 11) is 0. The standard InChI is InChI=1S/C10H7F2N.Ti/c11-8-3-4-10(9(12)7-8)13-5-1-2-6-13;/h1-7H;. The quantitative estimate of drug-likeness (QED) is 0.660. The molecule has 0 aliphatic heterocycles. The summed E-state index contributed by atoms with van der Waals surface area (Å²) in [5, 5.41) is 0. The summed E-state index contributed by atoms with van der Waals surface area (Å²) in [6.45, 7) is 0. The average Bonchev–Trinajstić information content (AvgIpc) is 2.56.